The average molecular weight is 350 g/mol. The molecule has 1 fully saturated rings. The second kappa shape index (κ2) is 6.54. The van der Waals surface area contributed by atoms with Gasteiger partial charge in [-0.2, -0.15) is 0 Å². The molecule has 1 aromatic heterocycles. The number of aromatic nitrogens is 2. The van der Waals surface area contributed by atoms with E-state index in [0.717, 1.165) is 43.4 Å². The number of nitrogens with one attached hydrogen (secondary N) is 1. The first-order chi connectivity index (χ1) is 12.8. The molecule has 1 saturated carbocycles. The molecule has 0 spiro atoms. The van der Waals surface area contributed by atoms with Gasteiger partial charge in [0.05, 0.1) is 12.2 Å². The number of hydrogen-bond acceptors (Lipinski definition) is 5. The number of nitrogens with zero attached hydrogens (tertiary/aromatic N) is 3. The molecule has 2 aliphatic heterocycles. The largest absolute Gasteiger partial charge is 0.488 e. The predicted molar refractivity (Wildman–Crippen MR) is 102 cm³/mol. The summed E-state index contributed by atoms with van der Waals surface area (Å²) in [6.07, 6.45) is 6.24. The molecule has 0 amide bonds. The SMILES string of the molecule is CN(CC1Cc2ccccc2O1)c1nc(C2CCCC2)nc2c1CNC2. The summed E-state index contributed by atoms with van der Waals surface area (Å²) in [5.74, 6) is 3.73. The second-order valence-corrected chi connectivity index (χ2v) is 7.85. The molecule has 1 atom stereocenters. The summed E-state index contributed by atoms with van der Waals surface area (Å²) >= 11 is 0. The first-order valence-electron chi connectivity index (χ1n) is 9.84. The van der Waals surface area contributed by atoms with Gasteiger partial charge in [-0.05, 0) is 24.5 Å². The fourth-order valence-electron chi connectivity index (χ4n) is 4.60. The van der Waals surface area contributed by atoms with Crippen molar-refractivity contribution in [2.24, 2.45) is 0 Å². The summed E-state index contributed by atoms with van der Waals surface area (Å²) < 4.78 is 6.15. The van der Waals surface area contributed by atoms with Crippen LogP contribution < -0.4 is 15.0 Å². The molecule has 26 heavy (non-hydrogen) atoms. The summed E-state index contributed by atoms with van der Waals surface area (Å²) in [4.78, 5) is 12.2. The number of anilines is 1. The maximum atomic E-state index is 6.15. The molecule has 0 saturated heterocycles. The zero-order chi connectivity index (χ0) is 17.5. The van der Waals surface area contributed by atoms with Gasteiger partial charge in [-0.3, -0.25) is 0 Å². The first-order valence-corrected chi connectivity index (χ1v) is 9.84. The van der Waals surface area contributed by atoms with Crippen LogP contribution in [0, 0.1) is 0 Å². The molecule has 1 N–H and O–H groups in total. The number of para-hydroxylation sites is 1. The lowest BCUT2D eigenvalue weighted by molar-refractivity contribution is 0.239. The summed E-state index contributed by atoms with van der Waals surface area (Å²) in [6, 6.07) is 8.37. The second-order valence-electron chi connectivity index (χ2n) is 7.85. The number of ether oxygens (including phenoxy) is 1. The van der Waals surface area contributed by atoms with Gasteiger partial charge in [0.1, 0.15) is 23.5 Å². The molecule has 1 aliphatic carbocycles. The monoisotopic (exact) mass is 350 g/mol. The van der Waals surface area contributed by atoms with Gasteiger partial charge < -0.3 is 15.0 Å². The maximum absolute atomic E-state index is 6.15. The fourth-order valence-corrected chi connectivity index (χ4v) is 4.60. The molecule has 1 unspecified atom stereocenters. The Morgan fingerprint density at radius 1 is 1.15 bits per heavy atom. The highest BCUT2D eigenvalue weighted by molar-refractivity contribution is 5.51. The molecule has 5 rings (SSSR count). The molecule has 3 aliphatic rings. The number of benzene rings is 1. The van der Waals surface area contributed by atoms with Crippen LogP contribution in [-0.2, 0) is 19.5 Å². The Labute approximate surface area is 154 Å². The van der Waals surface area contributed by atoms with Crippen molar-refractivity contribution in [3.05, 3.63) is 46.9 Å². The lowest BCUT2D eigenvalue weighted by Crippen LogP contribution is -2.33. The fraction of sp³-hybridized carbons (Fsp3) is 0.524. The van der Waals surface area contributed by atoms with E-state index in [1.54, 1.807) is 0 Å². The van der Waals surface area contributed by atoms with E-state index in [0.29, 0.717) is 5.92 Å². The van der Waals surface area contributed by atoms with Crippen LogP contribution in [-0.4, -0.2) is 29.7 Å². The van der Waals surface area contributed by atoms with Gasteiger partial charge in [-0.25, -0.2) is 9.97 Å². The van der Waals surface area contributed by atoms with Crippen molar-refractivity contribution in [2.75, 3.05) is 18.5 Å². The third-order valence-electron chi connectivity index (χ3n) is 5.96. The lowest BCUT2D eigenvalue weighted by atomic mass is 10.1. The van der Waals surface area contributed by atoms with Crippen LogP contribution in [0.25, 0.3) is 0 Å². The Balaban J connectivity index is 1.39. The molecule has 136 valence electrons. The van der Waals surface area contributed by atoms with E-state index < -0.39 is 0 Å². The summed E-state index contributed by atoms with van der Waals surface area (Å²) in [5.41, 5.74) is 3.77. The van der Waals surface area contributed by atoms with E-state index in [4.69, 9.17) is 14.7 Å². The molecule has 5 nitrogen and oxygen atoms in total. The van der Waals surface area contributed by atoms with Gasteiger partial charge >= 0.3 is 0 Å². The van der Waals surface area contributed by atoms with Crippen molar-refractivity contribution >= 4 is 5.82 Å². The Kier molecular flexibility index (Phi) is 4.04. The van der Waals surface area contributed by atoms with Crippen LogP contribution in [0.1, 0.15) is 54.2 Å². The first kappa shape index (κ1) is 16.1. The molecule has 0 radical (unpaired) electrons. The number of rotatable bonds is 4. The highest BCUT2D eigenvalue weighted by atomic mass is 16.5. The summed E-state index contributed by atoms with van der Waals surface area (Å²) in [6.45, 7) is 2.58. The highest BCUT2D eigenvalue weighted by Crippen LogP contribution is 2.35. The Hall–Kier alpha value is -2.14. The van der Waals surface area contributed by atoms with Crippen LogP contribution in [0.2, 0.25) is 0 Å². The van der Waals surface area contributed by atoms with E-state index >= 15 is 0 Å². The van der Waals surface area contributed by atoms with Gasteiger partial charge in [0.25, 0.3) is 0 Å². The van der Waals surface area contributed by atoms with Crippen molar-refractivity contribution < 1.29 is 4.74 Å². The van der Waals surface area contributed by atoms with Crippen LogP contribution in [0.15, 0.2) is 24.3 Å². The van der Waals surface area contributed by atoms with E-state index in [-0.39, 0.29) is 6.10 Å². The van der Waals surface area contributed by atoms with Gasteiger partial charge in [-0.1, -0.05) is 31.0 Å². The van der Waals surface area contributed by atoms with Crippen LogP contribution in [0.3, 0.4) is 0 Å². The number of likely N-dealkylation sites (N-methyl/N-ethyl adjacent to an activating group) is 1. The Morgan fingerprint density at radius 3 is 2.85 bits per heavy atom. The molecular formula is C21H26N4O. The minimum atomic E-state index is 0.187. The van der Waals surface area contributed by atoms with Gasteiger partial charge in [0.2, 0.25) is 0 Å². The summed E-state index contributed by atoms with van der Waals surface area (Å²) in [7, 11) is 2.14. The van der Waals surface area contributed by atoms with Crippen molar-refractivity contribution in [2.45, 2.75) is 57.2 Å². The number of hydrogen-bond donors (Lipinski definition) is 1. The van der Waals surface area contributed by atoms with Gasteiger partial charge in [0.15, 0.2) is 0 Å². The zero-order valence-corrected chi connectivity index (χ0v) is 15.4. The standard InChI is InChI=1S/C21H26N4O/c1-25(13-16-10-15-8-4-5-9-19(15)26-16)21-17-11-22-12-18(17)23-20(24-21)14-6-2-3-7-14/h4-5,8-9,14,16,22H,2-3,6-7,10-13H2,1H3. The van der Waals surface area contributed by atoms with Crippen molar-refractivity contribution in [1.29, 1.82) is 0 Å². The molecule has 3 heterocycles. The summed E-state index contributed by atoms with van der Waals surface area (Å²) in [5, 5.41) is 3.45. The van der Waals surface area contributed by atoms with Gasteiger partial charge in [-0.15, -0.1) is 0 Å². The van der Waals surface area contributed by atoms with Crippen molar-refractivity contribution in [1.82, 2.24) is 15.3 Å². The smallest absolute Gasteiger partial charge is 0.137 e. The van der Waals surface area contributed by atoms with Gasteiger partial charge in [0, 0.05) is 38.0 Å². The van der Waals surface area contributed by atoms with E-state index in [2.05, 4.69) is 35.5 Å². The lowest BCUT2D eigenvalue weighted by Gasteiger charge is -2.25. The quantitative estimate of drug-likeness (QED) is 0.918. The maximum Gasteiger partial charge on any atom is 0.137 e. The molecule has 2 aromatic rings. The van der Waals surface area contributed by atoms with E-state index in [1.807, 2.05) is 6.07 Å². The average Bonchev–Trinajstić information content (AvgIpc) is 3.39. The number of fused-ring (bicyclic) bond motifs is 2. The Morgan fingerprint density at radius 2 is 2.00 bits per heavy atom. The van der Waals surface area contributed by atoms with Crippen LogP contribution in [0.5, 0.6) is 5.75 Å². The predicted octanol–water partition coefficient (Wildman–Crippen LogP) is 3.18. The van der Waals surface area contributed by atoms with Crippen molar-refractivity contribution in [3.63, 3.8) is 0 Å². The molecule has 1 aromatic carbocycles. The topological polar surface area (TPSA) is 50.3 Å². The molecule has 5 heteroatoms. The minimum Gasteiger partial charge on any atom is -0.488 e. The van der Waals surface area contributed by atoms with Crippen molar-refractivity contribution in [3.8, 4) is 5.75 Å². The minimum absolute atomic E-state index is 0.187. The normalized spacial score (nSPS) is 21.5. The molecular weight excluding hydrogens is 324 g/mol. The molecule has 0 bridgehead atoms. The van der Waals surface area contributed by atoms with Crippen LogP contribution in [0.4, 0.5) is 5.82 Å². The van der Waals surface area contributed by atoms with E-state index in [9.17, 15) is 0 Å². The zero-order valence-electron chi connectivity index (χ0n) is 15.4. The third kappa shape index (κ3) is 2.84. The van der Waals surface area contributed by atoms with Crippen LogP contribution >= 0.6 is 0 Å². The van der Waals surface area contributed by atoms with E-state index in [1.165, 1.54) is 42.5 Å². The third-order valence-corrected chi connectivity index (χ3v) is 5.96. The highest BCUT2D eigenvalue weighted by Gasteiger charge is 2.29. The Bertz CT molecular complexity index is 791.